The SMILES string of the molecule is Cc1cc(Br)cc(NS(=O)(=O)CCS(C)(=O)=O)c1. The van der Waals surface area contributed by atoms with Crippen molar-refractivity contribution in [2.45, 2.75) is 6.92 Å². The van der Waals surface area contributed by atoms with Crippen molar-refractivity contribution in [1.82, 2.24) is 0 Å². The fraction of sp³-hybridized carbons (Fsp3) is 0.400. The number of aryl methyl sites for hydroxylation is 1. The number of hydrogen-bond donors (Lipinski definition) is 1. The lowest BCUT2D eigenvalue weighted by Crippen LogP contribution is -2.22. The summed E-state index contributed by atoms with van der Waals surface area (Å²) in [6.45, 7) is 1.83. The molecule has 0 aromatic heterocycles. The van der Waals surface area contributed by atoms with Crippen LogP contribution in [0.5, 0.6) is 0 Å². The van der Waals surface area contributed by atoms with Crippen molar-refractivity contribution in [3.05, 3.63) is 28.2 Å². The lowest BCUT2D eigenvalue weighted by molar-refractivity contribution is 0.593. The van der Waals surface area contributed by atoms with Crippen molar-refractivity contribution in [2.24, 2.45) is 0 Å². The fourth-order valence-corrected chi connectivity index (χ4v) is 4.56. The van der Waals surface area contributed by atoms with Crippen LogP contribution in [0.4, 0.5) is 5.69 Å². The Labute approximate surface area is 116 Å². The van der Waals surface area contributed by atoms with E-state index in [1.807, 2.05) is 13.0 Å². The monoisotopic (exact) mass is 355 g/mol. The zero-order chi connectivity index (χ0) is 14.0. The summed E-state index contributed by atoms with van der Waals surface area (Å²) in [7, 11) is -6.95. The van der Waals surface area contributed by atoms with Crippen molar-refractivity contribution < 1.29 is 16.8 Å². The minimum atomic E-state index is -3.65. The molecule has 0 bridgehead atoms. The highest BCUT2D eigenvalue weighted by atomic mass is 79.9. The van der Waals surface area contributed by atoms with Crippen LogP contribution in [-0.2, 0) is 19.9 Å². The van der Waals surface area contributed by atoms with Gasteiger partial charge in [-0.25, -0.2) is 16.8 Å². The van der Waals surface area contributed by atoms with Crippen molar-refractivity contribution >= 4 is 41.5 Å². The van der Waals surface area contributed by atoms with E-state index in [1.165, 1.54) is 0 Å². The molecule has 0 spiro atoms. The molecule has 0 amide bonds. The molecule has 0 aliphatic heterocycles. The van der Waals surface area contributed by atoms with Gasteiger partial charge in [-0.05, 0) is 30.7 Å². The zero-order valence-corrected chi connectivity index (χ0v) is 13.2. The number of halogens is 1. The Kier molecular flexibility index (Phi) is 4.79. The highest BCUT2D eigenvalue weighted by Gasteiger charge is 2.14. The minimum absolute atomic E-state index is 0.394. The molecule has 102 valence electrons. The van der Waals surface area contributed by atoms with Crippen LogP contribution in [0, 0.1) is 6.92 Å². The number of hydrogen-bond acceptors (Lipinski definition) is 4. The van der Waals surface area contributed by atoms with Crippen LogP contribution in [0.3, 0.4) is 0 Å². The molecule has 1 aromatic rings. The Balaban J connectivity index is 2.83. The maximum absolute atomic E-state index is 11.7. The number of sulfonamides is 1. The van der Waals surface area contributed by atoms with Gasteiger partial charge < -0.3 is 0 Å². The first-order valence-corrected chi connectivity index (χ1v) is 9.53. The van der Waals surface area contributed by atoms with Crippen LogP contribution in [0.25, 0.3) is 0 Å². The van der Waals surface area contributed by atoms with Gasteiger partial charge in [0.05, 0.1) is 11.5 Å². The third-order valence-corrected chi connectivity index (χ3v) is 4.99. The maximum Gasteiger partial charge on any atom is 0.233 e. The van der Waals surface area contributed by atoms with E-state index in [4.69, 9.17) is 0 Å². The number of sulfone groups is 1. The van der Waals surface area contributed by atoms with Crippen LogP contribution in [0.1, 0.15) is 5.56 Å². The van der Waals surface area contributed by atoms with E-state index in [9.17, 15) is 16.8 Å². The molecule has 0 heterocycles. The number of nitrogens with one attached hydrogen (secondary N) is 1. The zero-order valence-electron chi connectivity index (χ0n) is 9.97. The van der Waals surface area contributed by atoms with E-state index < -0.39 is 31.4 Å². The average Bonchev–Trinajstić information content (AvgIpc) is 2.11. The third kappa shape index (κ3) is 5.83. The molecule has 0 saturated heterocycles. The Morgan fingerprint density at radius 3 is 2.22 bits per heavy atom. The smallest absolute Gasteiger partial charge is 0.233 e. The second-order valence-electron chi connectivity index (χ2n) is 4.07. The maximum atomic E-state index is 11.7. The lowest BCUT2D eigenvalue weighted by atomic mass is 10.2. The molecule has 8 heteroatoms. The molecule has 1 N–H and O–H groups in total. The minimum Gasteiger partial charge on any atom is -0.283 e. The van der Waals surface area contributed by atoms with E-state index in [2.05, 4.69) is 20.7 Å². The molecule has 0 unspecified atom stereocenters. The molecule has 18 heavy (non-hydrogen) atoms. The highest BCUT2D eigenvalue weighted by molar-refractivity contribution is 9.10. The van der Waals surface area contributed by atoms with Crippen molar-refractivity contribution in [3.63, 3.8) is 0 Å². The molecular weight excluding hydrogens is 342 g/mol. The number of benzene rings is 1. The standard InChI is InChI=1S/C10H14BrNO4S2/c1-8-5-9(11)7-10(6-8)12-18(15,16)4-3-17(2,13)14/h5-7,12H,3-4H2,1-2H3. The summed E-state index contributed by atoms with van der Waals surface area (Å²) in [6.07, 6.45) is 1.01. The molecule has 0 atom stereocenters. The lowest BCUT2D eigenvalue weighted by Gasteiger charge is -2.08. The molecule has 0 saturated carbocycles. The van der Waals surface area contributed by atoms with Gasteiger partial charge in [0.2, 0.25) is 10.0 Å². The van der Waals surface area contributed by atoms with E-state index in [0.717, 1.165) is 16.3 Å². The summed E-state index contributed by atoms with van der Waals surface area (Å²) in [4.78, 5) is 0. The normalized spacial score (nSPS) is 12.4. The third-order valence-electron chi connectivity index (χ3n) is 2.04. The van der Waals surface area contributed by atoms with Gasteiger partial charge in [-0.15, -0.1) is 0 Å². The summed E-state index contributed by atoms with van der Waals surface area (Å²) in [5.41, 5.74) is 1.31. The van der Waals surface area contributed by atoms with Gasteiger partial charge in [0.25, 0.3) is 0 Å². The predicted molar refractivity (Wildman–Crippen MR) is 76.0 cm³/mol. The quantitative estimate of drug-likeness (QED) is 0.868. The van der Waals surface area contributed by atoms with Gasteiger partial charge in [-0.3, -0.25) is 4.72 Å². The largest absolute Gasteiger partial charge is 0.283 e. The van der Waals surface area contributed by atoms with E-state index in [-0.39, 0.29) is 0 Å². The Morgan fingerprint density at radius 2 is 1.72 bits per heavy atom. The fourth-order valence-electron chi connectivity index (χ4n) is 1.29. The topological polar surface area (TPSA) is 80.3 Å². The van der Waals surface area contributed by atoms with Crippen molar-refractivity contribution in [1.29, 1.82) is 0 Å². The number of anilines is 1. The second kappa shape index (κ2) is 5.58. The molecule has 0 fully saturated rings. The van der Waals surface area contributed by atoms with Gasteiger partial charge >= 0.3 is 0 Å². The van der Waals surface area contributed by atoms with E-state index >= 15 is 0 Å². The summed E-state index contributed by atoms with van der Waals surface area (Å²) in [5, 5.41) is 0. The van der Waals surface area contributed by atoms with Crippen molar-refractivity contribution in [2.75, 3.05) is 22.5 Å². The van der Waals surface area contributed by atoms with Crippen LogP contribution in [-0.4, -0.2) is 34.6 Å². The van der Waals surface area contributed by atoms with Crippen molar-refractivity contribution in [3.8, 4) is 0 Å². The summed E-state index contributed by atoms with van der Waals surface area (Å²) in [5.74, 6) is -0.841. The predicted octanol–water partition coefficient (Wildman–Crippen LogP) is 1.54. The van der Waals surface area contributed by atoms with Crippen LogP contribution >= 0.6 is 15.9 Å². The molecule has 0 aliphatic carbocycles. The Morgan fingerprint density at radius 1 is 1.11 bits per heavy atom. The van der Waals surface area contributed by atoms with E-state index in [1.54, 1.807) is 12.1 Å². The molecule has 0 aliphatic rings. The van der Waals surface area contributed by atoms with Gasteiger partial charge in [0.1, 0.15) is 9.84 Å². The molecular formula is C10H14BrNO4S2. The number of rotatable bonds is 5. The van der Waals surface area contributed by atoms with Gasteiger partial charge in [-0.1, -0.05) is 15.9 Å². The summed E-state index contributed by atoms with van der Waals surface area (Å²) < 4.78 is 48.3. The van der Waals surface area contributed by atoms with Crippen LogP contribution in [0.15, 0.2) is 22.7 Å². The summed E-state index contributed by atoms with van der Waals surface area (Å²) in [6, 6.07) is 5.13. The van der Waals surface area contributed by atoms with Crippen LogP contribution < -0.4 is 4.72 Å². The molecule has 1 aromatic carbocycles. The van der Waals surface area contributed by atoms with Gasteiger partial charge in [0.15, 0.2) is 0 Å². The molecule has 5 nitrogen and oxygen atoms in total. The second-order valence-corrected chi connectivity index (χ2v) is 9.09. The molecule has 0 radical (unpaired) electrons. The summed E-state index contributed by atoms with van der Waals surface area (Å²) >= 11 is 3.26. The Hall–Kier alpha value is -0.600. The van der Waals surface area contributed by atoms with E-state index in [0.29, 0.717) is 5.69 Å². The first-order chi connectivity index (χ1) is 8.07. The van der Waals surface area contributed by atoms with Gasteiger partial charge in [0, 0.05) is 16.4 Å². The first kappa shape index (κ1) is 15.5. The van der Waals surface area contributed by atoms with Gasteiger partial charge in [-0.2, -0.15) is 0 Å². The van der Waals surface area contributed by atoms with Crippen LogP contribution in [0.2, 0.25) is 0 Å². The highest BCUT2D eigenvalue weighted by Crippen LogP contribution is 2.20. The molecule has 1 rings (SSSR count). The average molecular weight is 356 g/mol. The Bertz CT molecular complexity index is 618. The first-order valence-electron chi connectivity index (χ1n) is 5.03.